The minimum atomic E-state index is -0.466. The van der Waals surface area contributed by atoms with Gasteiger partial charge in [0, 0.05) is 12.0 Å². The van der Waals surface area contributed by atoms with Crippen molar-refractivity contribution in [2.24, 2.45) is 0 Å². The van der Waals surface area contributed by atoms with E-state index in [2.05, 4.69) is 9.97 Å². The van der Waals surface area contributed by atoms with Crippen molar-refractivity contribution in [3.05, 3.63) is 34.0 Å². The highest BCUT2D eigenvalue weighted by Crippen LogP contribution is 2.27. The molecule has 7 nitrogen and oxygen atoms in total. The average molecular weight is 317 g/mol. The van der Waals surface area contributed by atoms with E-state index in [1.165, 1.54) is 10.9 Å². The Morgan fingerprint density at radius 1 is 1.48 bits per heavy atom. The van der Waals surface area contributed by atoms with Crippen molar-refractivity contribution in [2.45, 2.75) is 45.9 Å². The number of rotatable bonds is 3. The molecule has 0 aromatic carbocycles. The Morgan fingerprint density at radius 3 is 3.00 bits per heavy atom. The molecule has 7 heteroatoms. The molecule has 0 unspecified atom stereocenters. The van der Waals surface area contributed by atoms with Crippen molar-refractivity contribution in [2.75, 3.05) is 6.61 Å². The summed E-state index contributed by atoms with van der Waals surface area (Å²) >= 11 is 0. The molecule has 1 aliphatic rings. The van der Waals surface area contributed by atoms with Crippen molar-refractivity contribution in [1.82, 2.24) is 14.5 Å². The molecule has 2 aromatic rings. The largest absolute Gasteiger partial charge is 0.465 e. The first-order valence-corrected chi connectivity index (χ1v) is 7.57. The van der Waals surface area contributed by atoms with Crippen LogP contribution in [0.1, 0.15) is 32.0 Å². The van der Waals surface area contributed by atoms with Gasteiger partial charge in [0.25, 0.3) is 5.56 Å². The number of hydrogen-bond donors (Lipinski definition) is 0. The zero-order valence-corrected chi connectivity index (χ0v) is 13.5. The maximum Gasteiger partial charge on any atom is 0.326 e. The molecule has 0 spiro atoms. The van der Waals surface area contributed by atoms with E-state index in [9.17, 15) is 9.59 Å². The summed E-state index contributed by atoms with van der Waals surface area (Å²) in [7, 11) is 0. The summed E-state index contributed by atoms with van der Waals surface area (Å²) in [4.78, 5) is 32.8. The Hall–Kier alpha value is -2.28. The summed E-state index contributed by atoms with van der Waals surface area (Å²) in [6.07, 6.45) is 2.01. The minimum Gasteiger partial charge on any atom is -0.465 e. The first-order chi connectivity index (χ1) is 10.9. The lowest BCUT2D eigenvalue weighted by Crippen LogP contribution is -2.33. The average Bonchev–Trinajstić information content (AvgIpc) is 2.48. The van der Waals surface area contributed by atoms with E-state index in [-0.39, 0.29) is 24.3 Å². The predicted molar refractivity (Wildman–Crippen MR) is 83.0 cm³/mol. The fourth-order valence-electron chi connectivity index (χ4n) is 2.63. The van der Waals surface area contributed by atoms with Gasteiger partial charge < -0.3 is 9.47 Å². The Morgan fingerprint density at radius 2 is 2.26 bits per heavy atom. The zero-order chi connectivity index (χ0) is 16.6. The fourth-order valence-corrected chi connectivity index (χ4v) is 2.63. The summed E-state index contributed by atoms with van der Waals surface area (Å²) in [5.74, 6) is -0.466. The first-order valence-electron chi connectivity index (χ1n) is 7.57. The Kier molecular flexibility index (Phi) is 3.89. The number of fused-ring (bicyclic) bond motifs is 2. The molecule has 0 fully saturated rings. The molecular weight excluding hydrogens is 298 g/mol. The van der Waals surface area contributed by atoms with Gasteiger partial charge in [0.05, 0.1) is 29.9 Å². The van der Waals surface area contributed by atoms with Crippen molar-refractivity contribution >= 4 is 17.0 Å². The van der Waals surface area contributed by atoms with Gasteiger partial charge in [-0.05, 0) is 26.8 Å². The number of hydrogen-bond acceptors (Lipinski definition) is 6. The highest BCUT2D eigenvalue weighted by Gasteiger charge is 2.27. The zero-order valence-electron chi connectivity index (χ0n) is 13.5. The van der Waals surface area contributed by atoms with E-state index in [4.69, 9.17) is 9.47 Å². The van der Waals surface area contributed by atoms with Gasteiger partial charge in [0.1, 0.15) is 12.9 Å². The van der Waals surface area contributed by atoms with Crippen molar-refractivity contribution < 1.29 is 14.3 Å². The third-order valence-electron chi connectivity index (χ3n) is 3.80. The van der Waals surface area contributed by atoms with Crippen LogP contribution in [-0.4, -0.2) is 32.7 Å². The molecule has 0 N–H and O–H groups in total. The van der Waals surface area contributed by atoms with Crippen LogP contribution in [0, 0.1) is 0 Å². The SMILES string of the molecule is CCOC(=O)Cn1cnc2nc3c(cc2c1=O)COC(C)(C)C3. The molecular formula is C16H19N3O4. The number of nitrogens with zero attached hydrogens (tertiary/aromatic N) is 3. The molecule has 23 heavy (non-hydrogen) atoms. The predicted octanol–water partition coefficient (Wildman–Crippen LogP) is 1.21. The first kappa shape index (κ1) is 15.6. The molecule has 0 aliphatic carbocycles. The third-order valence-corrected chi connectivity index (χ3v) is 3.80. The number of esters is 1. The maximum absolute atomic E-state index is 12.5. The molecule has 0 saturated heterocycles. The molecule has 3 rings (SSSR count). The fraction of sp³-hybridized carbons (Fsp3) is 0.500. The second kappa shape index (κ2) is 5.73. The monoisotopic (exact) mass is 317 g/mol. The van der Waals surface area contributed by atoms with Crippen molar-refractivity contribution in [3.8, 4) is 0 Å². The van der Waals surface area contributed by atoms with E-state index < -0.39 is 5.97 Å². The smallest absolute Gasteiger partial charge is 0.326 e. The van der Waals surface area contributed by atoms with Gasteiger partial charge in [-0.2, -0.15) is 0 Å². The van der Waals surface area contributed by atoms with E-state index in [1.807, 2.05) is 13.8 Å². The van der Waals surface area contributed by atoms with Crippen LogP contribution in [0.25, 0.3) is 11.0 Å². The number of pyridine rings is 1. The van der Waals surface area contributed by atoms with Crippen LogP contribution in [0.4, 0.5) is 0 Å². The van der Waals surface area contributed by atoms with Gasteiger partial charge in [-0.3, -0.25) is 14.2 Å². The summed E-state index contributed by atoms with van der Waals surface area (Å²) < 4.78 is 11.9. The molecule has 3 heterocycles. The second-order valence-electron chi connectivity index (χ2n) is 6.17. The minimum absolute atomic E-state index is 0.157. The van der Waals surface area contributed by atoms with Gasteiger partial charge >= 0.3 is 5.97 Å². The van der Waals surface area contributed by atoms with E-state index in [0.29, 0.717) is 24.1 Å². The molecule has 1 aliphatic heterocycles. The number of aromatic nitrogens is 3. The van der Waals surface area contributed by atoms with Crippen LogP contribution in [0.3, 0.4) is 0 Å². The molecule has 0 bridgehead atoms. The summed E-state index contributed by atoms with van der Waals surface area (Å²) in [5.41, 5.74) is 1.62. The molecule has 0 amide bonds. The van der Waals surface area contributed by atoms with Crippen LogP contribution >= 0.6 is 0 Å². The van der Waals surface area contributed by atoms with Gasteiger partial charge in [0.2, 0.25) is 0 Å². The van der Waals surface area contributed by atoms with Gasteiger partial charge in [-0.15, -0.1) is 0 Å². The summed E-state index contributed by atoms with van der Waals surface area (Å²) in [6.45, 7) is 6.26. The summed E-state index contributed by atoms with van der Waals surface area (Å²) in [6, 6.07) is 1.77. The van der Waals surface area contributed by atoms with E-state index >= 15 is 0 Å². The molecule has 122 valence electrons. The van der Waals surface area contributed by atoms with Crippen molar-refractivity contribution in [3.63, 3.8) is 0 Å². The quantitative estimate of drug-likeness (QED) is 0.791. The second-order valence-corrected chi connectivity index (χ2v) is 6.17. The van der Waals surface area contributed by atoms with E-state index in [1.54, 1.807) is 13.0 Å². The van der Waals surface area contributed by atoms with Crippen LogP contribution in [-0.2, 0) is 33.8 Å². The van der Waals surface area contributed by atoms with Crippen LogP contribution in [0.15, 0.2) is 17.2 Å². The standard InChI is InChI=1S/C16H19N3O4/c1-4-22-13(20)7-19-9-17-14-11(15(19)21)5-10-8-23-16(2,3)6-12(10)18-14/h5,9H,4,6-8H2,1-3H3. The van der Waals surface area contributed by atoms with Gasteiger partial charge in [-0.25, -0.2) is 9.97 Å². The topological polar surface area (TPSA) is 83.3 Å². The molecule has 0 saturated carbocycles. The van der Waals surface area contributed by atoms with Crippen molar-refractivity contribution in [1.29, 1.82) is 0 Å². The highest BCUT2D eigenvalue weighted by atomic mass is 16.5. The Labute approximate surface area is 133 Å². The van der Waals surface area contributed by atoms with E-state index in [0.717, 1.165) is 11.3 Å². The molecule has 2 aromatic heterocycles. The Balaban J connectivity index is 2.02. The maximum atomic E-state index is 12.5. The summed E-state index contributed by atoms with van der Waals surface area (Å²) in [5, 5.41) is 0.388. The number of carbonyl (C=O) groups is 1. The van der Waals surface area contributed by atoms with Gasteiger partial charge in [0.15, 0.2) is 5.65 Å². The number of ether oxygens (including phenoxy) is 2. The lowest BCUT2D eigenvalue weighted by atomic mass is 9.95. The lowest BCUT2D eigenvalue weighted by molar-refractivity contribution is -0.143. The Bertz CT molecular complexity index is 826. The third kappa shape index (κ3) is 3.10. The molecule has 0 radical (unpaired) electrons. The lowest BCUT2D eigenvalue weighted by Gasteiger charge is -2.31. The number of carbonyl (C=O) groups excluding carboxylic acids is 1. The molecule has 0 atom stereocenters. The van der Waals surface area contributed by atoms with Crippen LogP contribution in [0.2, 0.25) is 0 Å². The van der Waals surface area contributed by atoms with Crippen LogP contribution in [0.5, 0.6) is 0 Å². The highest BCUT2D eigenvalue weighted by molar-refractivity contribution is 5.75. The van der Waals surface area contributed by atoms with Crippen LogP contribution < -0.4 is 5.56 Å². The normalized spacial score (nSPS) is 16.1. The van der Waals surface area contributed by atoms with Gasteiger partial charge in [-0.1, -0.05) is 0 Å².